The molecule has 1 amide bonds. The molecule has 5 nitrogen and oxygen atoms in total. The van der Waals surface area contributed by atoms with Crippen molar-refractivity contribution in [3.8, 4) is 0 Å². The van der Waals surface area contributed by atoms with E-state index in [4.69, 9.17) is 5.73 Å². The number of nitrogen functional groups attached to an aromatic ring is 1. The maximum absolute atomic E-state index is 11.6. The molecule has 0 aliphatic carbocycles. The van der Waals surface area contributed by atoms with Gasteiger partial charge in [0.15, 0.2) is 0 Å². The van der Waals surface area contributed by atoms with Crippen LogP contribution in [0.4, 0.5) is 5.69 Å². The number of nitrogens with one attached hydrogen (secondary N) is 1. The van der Waals surface area contributed by atoms with Crippen molar-refractivity contribution in [1.82, 2.24) is 4.72 Å². The van der Waals surface area contributed by atoms with Crippen LogP contribution in [0.1, 0.15) is 6.92 Å². The van der Waals surface area contributed by atoms with Gasteiger partial charge in [-0.05, 0) is 44.0 Å². The summed E-state index contributed by atoms with van der Waals surface area (Å²) >= 11 is 6.25. The second kappa shape index (κ2) is 4.72. The lowest BCUT2D eigenvalue weighted by Crippen LogP contribution is -2.28. The zero-order valence-electron chi connectivity index (χ0n) is 8.12. The van der Waals surface area contributed by atoms with Crippen molar-refractivity contribution in [1.29, 1.82) is 0 Å². The predicted molar refractivity (Wildman–Crippen MR) is 67.3 cm³/mol. The highest BCUT2D eigenvalue weighted by Crippen LogP contribution is 2.31. The van der Waals surface area contributed by atoms with Gasteiger partial charge in [0.1, 0.15) is 0 Å². The Hall–Kier alpha value is -0.600. The Balaban J connectivity index is 3.30. The first-order chi connectivity index (χ1) is 7.24. The average Bonchev–Trinajstić information content (AvgIpc) is 2.11. The fraction of sp³-hybridized carbons (Fsp3) is 0.125. The van der Waals surface area contributed by atoms with Crippen LogP contribution in [-0.2, 0) is 14.8 Å². The van der Waals surface area contributed by atoms with Gasteiger partial charge < -0.3 is 5.73 Å². The van der Waals surface area contributed by atoms with E-state index in [2.05, 4.69) is 31.9 Å². The van der Waals surface area contributed by atoms with E-state index in [1.54, 1.807) is 0 Å². The smallest absolute Gasteiger partial charge is 0.264 e. The molecule has 1 aromatic carbocycles. The summed E-state index contributed by atoms with van der Waals surface area (Å²) in [5.74, 6) is -0.649. The van der Waals surface area contributed by atoms with Gasteiger partial charge in [-0.1, -0.05) is 0 Å². The third-order valence-corrected chi connectivity index (χ3v) is 4.37. The van der Waals surface area contributed by atoms with Crippen LogP contribution in [0.5, 0.6) is 0 Å². The molecule has 0 aliphatic heterocycles. The molecule has 0 spiro atoms. The zero-order valence-corrected chi connectivity index (χ0v) is 12.1. The van der Waals surface area contributed by atoms with Gasteiger partial charge >= 0.3 is 0 Å². The minimum atomic E-state index is -3.84. The number of rotatable bonds is 2. The van der Waals surface area contributed by atoms with E-state index in [9.17, 15) is 13.2 Å². The second-order valence-electron chi connectivity index (χ2n) is 2.96. The summed E-state index contributed by atoms with van der Waals surface area (Å²) in [7, 11) is -3.84. The first-order valence-corrected chi connectivity index (χ1v) is 7.09. The van der Waals surface area contributed by atoms with Gasteiger partial charge in [0, 0.05) is 15.9 Å². The highest BCUT2D eigenvalue weighted by molar-refractivity contribution is 9.11. The fourth-order valence-corrected chi connectivity index (χ4v) is 3.50. The molecule has 16 heavy (non-hydrogen) atoms. The number of anilines is 1. The van der Waals surface area contributed by atoms with Gasteiger partial charge in [-0.2, -0.15) is 0 Å². The number of hydrogen-bond acceptors (Lipinski definition) is 4. The first kappa shape index (κ1) is 13.5. The number of carbonyl (C=O) groups excluding carboxylic acids is 1. The summed E-state index contributed by atoms with van der Waals surface area (Å²) < 4.78 is 26.0. The molecule has 0 aliphatic rings. The summed E-state index contributed by atoms with van der Waals surface area (Å²) in [6.45, 7) is 1.12. The number of amides is 1. The molecular weight excluding hydrogens is 364 g/mol. The number of benzene rings is 1. The van der Waals surface area contributed by atoms with E-state index in [1.807, 2.05) is 4.72 Å². The van der Waals surface area contributed by atoms with Gasteiger partial charge in [0.2, 0.25) is 5.91 Å². The molecule has 3 N–H and O–H groups in total. The molecule has 0 aromatic heterocycles. The molecule has 0 heterocycles. The lowest BCUT2D eigenvalue weighted by molar-refractivity contribution is -0.117. The van der Waals surface area contributed by atoms with Crippen LogP contribution in [0.2, 0.25) is 0 Å². The van der Waals surface area contributed by atoms with Crippen molar-refractivity contribution in [3.05, 3.63) is 21.1 Å². The lowest BCUT2D eigenvalue weighted by Gasteiger charge is -2.08. The largest absolute Gasteiger partial charge is 0.397 e. The Morgan fingerprint density at radius 3 is 2.12 bits per heavy atom. The normalized spacial score (nSPS) is 11.2. The molecule has 0 saturated carbocycles. The Morgan fingerprint density at radius 2 is 1.75 bits per heavy atom. The number of nitrogens with two attached hydrogens (primary N) is 1. The Kier molecular flexibility index (Phi) is 3.97. The van der Waals surface area contributed by atoms with E-state index in [0.717, 1.165) is 6.92 Å². The number of carbonyl (C=O) groups is 1. The maximum Gasteiger partial charge on any atom is 0.264 e. The number of hydrogen-bond donors (Lipinski definition) is 2. The van der Waals surface area contributed by atoms with Gasteiger partial charge in [0.05, 0.1) is 10.6 Å². The monoisotopic (exact) mass is 370 g/mol. The third kappa shape index (κ3) is 2.96. The molecule has 0 unspecified atom stereocenters. The molecule has 0 atom stereocenters. The Labute approximate surface area is 110 Å². The maximum atomic E-state index is 11.6. The van der Waals surface area contributed by atoms with Crippen molar-refractivity contribution in [2.75, 3.05) is 5.73 Å². The van der Waals surface area contributed by atoms with Crippen LogP contribution in [0, 0.1) is 0 Å². The Morgan fingerprint density at radius 1 is 1.31 bits per heavy atom. The average molecular weight is 372 g/mol. The fourth-order valence-electron chi connectivity index (χ4n) is 0.964. The summed E-state index contributed by atoms with van der Waals surface area (Å²) in [4.78, 5) is 10.7. The molecule has 0 bridgehead atoms. The van der Waals surface area contributed by atoms with Gasteiger partial charge in [-0.25, -0.2) is 13.1 Å². The zero-order chi connectivity index (χ0) is 12.5. The third-order valence-electron chi connectivity index (χ3n) is 1.64. The topological polar surface area (TPSA) is 89.3 Å². The Bertz CT molecular complexity index is 519. The lowest BCUT2D eigenvalue weighted by atomic mass is 10.3. The highest BCUT2D eigenvalue weighted by Gasteiger charge is 2.18. The van der Waals surface area contributed by atoms with Crippen molar-refractivity contribution in [2.24, 2.45) is 0 Å². The van der Waals surface area contributed by atoms with Crippen LogP contribution in [-0.4, -0.2) is 14.3 Å². The molecular formula is C8H8Br2N2O3S. The standard InChI is InChI=1S/C8H8Br2N2O3S/c1-4(13)12-16(14,15)5-2-6(9)8(11)7(10)3-5/h2-3H,11H2,1H3,(H,12,13). The summed E-state index contributed by atoms with van der Waals surface area (Å²) in [5, 5.41) is 0. The van der Waals surface area contributed by atoms with Crippen LogP contribution in [0.3, 0.4) is 0 Å². The summed E-state index contributed by atoms with van der Waals surface area (Å²) in [5.41, 5.74) is 6.01. The minimum Gasteiger partial charge on any atom is -0.397 e. The molecule has 0 radical (unpaired) electrons. The predicted octanol–water partition coefficient (Wildman–Crippen LogP) is 1.62. The molecule has 1 rings (SSSR count). The van der Waals surface area contributed by atoms with E-state index in [0.29, 0.717) is 14.6 Å². The second-order valence-corrected chi connectivity index (χ2v) is 6.35. The van der Waals surface area contributed by atoms with Gasteiger partial charge in [0.25, 0.3) is 10.0 Å². The quantitative estimate of drug-likeness (QED) is 0.773. The van der Waals surface area contributed by atoms with Crippen molar-refractivity contribution in [3.63, 3.8) is 0 Å². The minimum absolute atomic E-state index is 0.0457. The van der Waals surface area contributed by atoms with E-state index in [1.165, 1.54) is 12.1 Å². The molecule has 8 heteroatoms. The SMILES string of the molecule is CC(=O)NS(=O)(=O)c1cc(Br)c(N)c(Br)c1. The number of halogens is 2. The van der Waals surface area contributed by atoms with Crippen LogP contribution >= 0.6 is 31.9 Å². The van der Waals surface area contributed by atoms with Crippen LogP contribution < -0.4 is 10.5 Å². The van der Waals surface area contributed by atoms with Crippen molar-refractivity contribution < 1.29 is 13.2 Å². The van der Waals surface area contributed by atoms with Crippen molar-refractivity contribution >= 4 is 53.5 Å². The first-order valence-electron chi connectivity index (χ1n) is 4.02. The molecule has 0 saturated heterocycles. The van der Waals surface area contributed by atoms with Crippen LogP contribution in [0.15, 0.2) is 26.0 Å². The molecule has 88 valence electrons. The highest BCUT2D eigenvalue weighted by atomic mass is 79.9. The van der Waals surface area contributed by atoms with Crippen LogP contribution in [0.25, 0.3) is 0 Å². The van der Waals surface area contributed by atoms with Crippen molar-refractivity contribution in [2.45, 2.75) is 11.8 Å². The molecule has 1 aromatic rings. The van der Waals surface area contributed by atoms with Gasteiger partial charge in [-0.3, -0.25) is 4.79 Å². The number of sulfonamides is 1. The van der Waals surface area contributed by atoms with E-state index >= 15 is 0 Å². The summed E-state index contributed by atoms with van der Waals surface area (Å²) in [6, 6.07) is 2.65. The summed E-state index contributed by atoms with van der Waals surface area (Å²) in [6.07, 6.45) is 0. The van der Waals surface area contributed by atoms with E-state index < -0.39 is 15.9 Å². The van der Waals surface area contributed by atoms with E-state index in [-0.39, 0.29) is 4.90 Å². The molecule has 0 fully saturated rings. The van der Waals surface area contributed by atoms with Gasteiger partial charge in [-0.15, -0.1) is 0 Å².